The second-order valence-electron chi connectivity index (χ2n) is 6.86. The second-order valence-corrected chi connectivity index (χ2v) is 6.86. The number of carbonyl (C=O) groups is 2. The largest absolute Gasteiger partial charge is 0.374 e. The van der Waals surface area contributed by atoms with Gasteiger partial charge in [0.2, 0.25) is 5.95 Å². The molecule has 1 aromatic heterocycles. The summed E-state index contributed by atoms with van der Waals surface area (Å²) in [6, 6.07) is 7.30. The van der Waals surface area contributed by atoms with Crippen molar-refractivity contribution in [3.8, 4) is 0 Å². The highest BCUT2D eigenvalue weighted by Crippen LogP contribution is 2.24. The maximum Gasteiger partial charge on any atom is 0.271 e. The van der Waals surface area contributed by atoms with E-state index in [1.807, 2.05) is 0 Å². The average molecular weight is 408 g/mol. The quantitative estimate of drug-likeness (QED) is 0.326. The van der Waals surface area contributed by atoms with E-state index in [0.29, 0.717) is 36.4 Å². The van der Waals surface area contributed by atoms with Crippen LogP contribution in [0.4, 0.5) is 10.1 Å². The number of nitrogens with zero attached hydrogens (tertiary/aromatic N) is 2. The molecule has 0 unspecified atom stereocenters. The average Bonchev–Trinajstić information content (AvgIpc) is 2.76. The maximum atomic E-state index is 13.2. The number of anilines is 1. The Morgan fingerprint density at radius 3 is 2.67 bits per heavy atom. The van der Waals surface area contributed by atoms with Crippen LogP contribution in [0.15, 0.2) is 49.2 Å². The van der Waals surface area contributed by atoms with Gasteiger partial charge in [0, 0.05) is 36.6 Å². The topological polar surface area (TPSA) is 83.6 Å². The molecule has 3 rings (SSSR count). The summed E-state index contributed by atoms with van der Waals surface area (Å²) in [5, 5.41) is 0. The van der Waals surface area contributed by atoms with Gasteiger partial charge in [-0.05, 0) is 31.0 Å². The molecule has 1 aliphatic heterocycles. The summed E-state index contributed by atoms with van der Waals surface area (Å²) in [4.78, 5) is 30.3. The molecule has 2 N–H and O–H groups in total. The molecule has 154 valence electrons. The summed E-state index contributed by atoms with van der Waals surface area (Å²) in [7, 11) is 5.93. The first-order chi connectivity index (χ1) is 14.5. The molecule has 0 aliphatic carbocycles. The standard InChI is InChI=1S/C21H22BFN4O3/c1-2-11-30-16-6-9-27(10-7-16)18-13-15(22)3-4-17(18)21(29)26-25-20(28)14-5-8-24-19(23)12-14/h2-5,8,12-13,16H,1,6-7,9-11H2,(H,25,28)(H,26,29). The van der Waals surface area contributed by atoms with E-state index in [4.69, 9.17) is 12.6 Å². The zero-order chi connectivity index (χ0) is 21.5. The van der Waals surface area contributed by atoms with Crippen LogP contribution in [0.2, 0.25) is 0 Å². The van der Waals surface area contributed by atoms with Gasteiger partial charge in [0.25, 0.3) is 11.8 Å². The predicted octanol–water partition coefficient (Wildman–Crippen LogP) is 1.26. The Kier molecular flexibility index (Phi) is 7.19. The van der Waals surface area contributed by atoms with Gasteiger partial charge in [-0.15, -0.1) is 6.58 Å². The van der Waals surface area contributed by atoms with Gasteiger partial charge in [0.05, 0.1) is 18.3 Å². The van der Waals surface area contributed by atoms with Crippen LogP contribution in [0, 0.1) is 5.95 Å². The zero-order valence-electron chi connectivity index (χ0n) is 16.4. The third-order valence-corrected chi connectivity index (χ3v) is 4.78. The lowest BCUT2D eigenvalue weighted by molar-refractivity contribution is 0.0563. The first kappa shape index (κ1) is 21.5. The number of aromatic nitrogens is 1. The summed E-state index contributed by atoms with van der Waals surface area (Å²) < 4.78 is 18.9. The first-order valence-electron chi connectivity index (χ1n) is 9.57. The van der Waals surface area contributed by atoms with E-state index < -0.39 is 17.8 Å². The number of carbonyl (C=O) groups excluding carboxylic acids is 2. The number of hydrogen-bond donors (Lipinski definition) is 2. The van der Waals surface area contributed by atoms with Crippen molar-refractivity contribution >= 4 is 30.8 Å². The molecular formula is C21H22BFN4O3. The fourth-order valence-corrected chi connectivity index (χ4v) is 3.27. The maximum absolute atomic E-state index is 13.2. The Bertz CT molecular complexity index is 932. The number of hydrogen-bond acceptors (Lipinski definition) is 5. The van der Waals surface area contributed by atoms with Crippen LogP contribution in [-0.2, 0) is 4.74 Å². The second kappa shape index (κ2) is 10.0. The number of halogens is 1. The van der Waals surface area contributed by atoms with Crippen LogP contribution in [-0.4, -0.2) is 50.4 Å². The lowest BCUT2D eigenvalue weighted by Crippen LogP contribution is -2.43. The predicted molar refractivity (Wildman–Crippen MR) is 112 cm³/mol. The number of amides is 2. The molecule has 2 radical (unpaired) electrons. The first-order valence-corrected chi connectivity index (χ1v) is 9.57. The number of pyridine rings is 1. The molecule has 0 spiro atoms. The smallest absolute Gasteiger partial charge is 0.271 e. The minimum Gasteiger partial charge on any atom is -0.374 e. The summed E-state index contributed by atoms with van der Waals surface area (Å²) in [5.74, 6) is -1.94. The van der Waals surface area contributed by atoms with Crippen LogP contribution in [0.5, 0.6) is 0 Å². The number of ether oxygens (including phenoxy) is 1. The molecule has 0 saturated carbocycles. The van der Waals surface area contributed by atoms with Crippen molar-refractivity contribution in [2.75, 3.05) is 24.6 Å². The van der Waals surface area contributed by atoms with E-state index >= 15 is 0 Å². The lowest BCUT2D eigenvalue weighted by atomic mass is 9.93. The molecule has 30 heavy (non-hydrogen) atoms. The number of rotatable bonds is 6. The van der Waals surface area contributed by atoms with Crippen LogP contribution in [0.25, 0.3) is 0 Å². The summed E-state index contributed by atoms with van der Waals surface area (Å²) in [5.41, 5.74) is 6.28. The minimum atomic E-state index is -0.782. The fourth-order valence-electron chi connectivity index (χ4n) is 3.27. The third-order valence-electron chi connectivity index (χ3n) is 4.78. The molecule has 9 heteroatoms. The van der Waals surface area contributed by atoms with Crippen molar-refractivity contribution in [2.45, 2.75) is 18.9 Å². The van der Waals surface area contributed by atoms with E-state index in [-0.39, 0.29) is 11.7 Å². The molecule has 2 heterocycles. The van der Waals surface area contributed by atoms with Gasteiger partial charge in [0.1, 0.15) is 7.85 Å². The SMILES string of the molecule is [B]c1ccc(C(=O)NNC(=O)c2ccnc(F)c2)c(N2CCC(OCC=C)CC2)c1. The Morgan fingerprint density at radius 2 is 1.97 bits per heavy atom. The summed E-state index contributed by atoms with van der Waals surface area (Å²) in [6.45, 7) is 5.57. The van der Waals surface area contributed by atoms with Gasteiger partial charge >= 0.3 is 0 Å². The van der Waals surface area contributed by atoms with E-state index in [0.717, 1.165) is 18.9 Å². The highest BCUT2D eigenvalue weighted by atomic mass is 19.1. The molecule has 2 aromatic rings. The molecule has 1 aromatic carbocycles. The normalized spacial score (nSPS) is 14.2. The number of hydrazine groups is 1. The van der Waals surface area contributed by atoms with Gasteiger partial charge in [-0.3, -0.25) is 20.4 Å². The van der Waals surface area contributed by atoms with Crippen LogP contribution < -0.4 is 21.2 Å². The molecule has 1 fully saturated rings. The van der Waals surface area contributed by atoms with E-state index in [1.54, 1.807) is 24.3 Å². The van der Waals surface area contributed by atoms with Crippen molar-refractivity contribution < 1.29 is 18.7 Å². The molecule has 7 nitrogen and oxygen atoms in total. The van der Waals surface area contributed by atoms with Crippen molar-refractivity contribution in [2.24, 2.45) is 0 Å². The summed E-state index contributed by atoms with van der Waals surface area (Å²) >= 11 is 0. The number of nitrogens with one attached hydrogen (secondary N) is 2. The highest BCUT2D eigenvalue weighted by Gasteiger charge is 2.23. The van der Waals surface area contributed by atoms with Crippen LogP contribution in [0.1, 0.15) is 33.6 Å². The van der Waals surface area contributed by atoms with Gasteiger partial charge in [0.15, 0.2) is 0 Å². The fraction of sp³-hybridized carbons (Fsp3) is 0.286. The van der Waals surface area contributed by atoms with Crippen molar-refractivity contribution in [3.63, 3.8) is 0 Å². The Balaban J connectivity index is 1.66. The van der Waals surface area contributed by atoms with Gasteiger partial charge in [-0.2, -0.15) is 4.39 Å². The van der Waals surface area contributed by atoms with Gasteiger partial charge in [-0.1, -0.05) is 17.6 Å². The Labute approximate surface area is 175 Å². The molecule has 2 amide bonds. The molecule has 0 atom stereocenters. The molecule has 1 aliphatic rings. The highest BCUT2D eigenvalue weighted by molar-refractivity contribution is 6.32. The van der Waals surface area contributed by atoms with Crippen molar-refractivity contribution in [3.05, 3.63) is 66.3 Å². The van der Waals surface area contributed by atoms with E-state index in [1.165, 1.54) is 12.3 Å². The molecular weight excluding hydrogens is 386 g/mol. The van der Waals surface area contributed by atoms with Gasteiger partial charge < -0.3 is 9.64 Å². The van der Waals surface area contributed by atoms with Crippen molar-refractivity contribution in [1.82, 2.24) is 15.8 Å². The van der Waals surface area contributed by atoms with Crippen LogP contribution >= 0.6 is 0 Å². The number of benzene rings is 1. The molecule has 1 saturated heterocycles. The van der Waals surface area contributed by atoms with Gasteiger partial charge in [-0.25, -0.2) is 4.98 Å². The molecule has 0 bridgehead atoms. The monoisotopic (exact) mass is 408 g/mol. The van der Waals surface area contributed by atoms with Crippen molar-refractivity contribution in [1.29, 1.82) is 0 Å². The Hall–Kier alpha value is -3.20. The van der Waals surface area contributed by atoms with Crippen LogP contribution in [0.3, 0.4) is 0 Å². The number of piperidine rings is 1. The summed E-state index contributed by atoms with van der Waals surface area (Å²) in [6.07, 6.45) is 4.67. The van der Waals surface area contributed by atoms with E-state index in [2.05, 4.69) is 27.3 Å². The van der Waals surface area contributed by atoms with E-state index in [9.17, 15) is 14.0 Å². The lowest BCUT2D eigenvalue weighted by Gasteiger charge is -2.34. The zero-order valence-corrected chi connectivity index (χ0v) is 16.4. The Morgan fingerprint density at radius 1 is 1.23 bits per heavy atom. The minimum absolute atomic E-state index is 0.0435. The third kappa shape index (κ3) is 5.45.